The van der Waals surface area contributed by atoms with Crippen molar-refractivity contribution < 1.29 is 9.84 Å². The number of ether oxygens (including phenoxy) is 1. The van der Waals surface area contributed by atoms with Crippen molar-refractivity contribution in [1.29, 1.82) is 0 Å². The minimum absolute atomic E-state index is 0.202. The Morgan fingerprint density at radius 2 is 2.19 bits per heavy atom. The first-order valence-corrected chi connectivity index (χ1v) is 9.82. The highest BCUT2D eigenvalue weighted by Gasteiger charge is 2.21. The third-order valence-electron chi connectivity index (χ3n) is 4.69. The number of aromatic amines is 2. The number of anilines is 2. The SMILES string of the molecule is COc1cccc(Nc2nc(=NC3CC3)n3nc/c(=C/c4[nH]c(=O)[nH]c4O)c3n2)c1Cl. The molecule has 11 nitrogen and oxygen atoms in total. The highest BCUT2D eigenvalue weighted by Crippen LogP contribution is 2.32. The molecule has 3 heterocycles. The number of H-pyrrole nitrogens is 2. The van der Waals surface area contributed by atoms with E-state index in [4.69, 9.17) is 16.3 Å². The summed E-state index contributed by atoms with van der Waals surface area (Å²) in [6.45, 7) is 0. The van der Waals surface area contributed by atoms with Crippen molar-refractivity contribution in [3.63, 3.8) is 0 Å². The Kier molecular flexibility index (Phi) is 4.59. The van der Waals surface area contributed by atoms with E-state index in [2.05, 4.69) is 35.3 Å². The fraction of sp³-hybridized carbons (Fsp3) is 0.211. The average molecular weight is 441 g/mol. The maximum atomic E-state index is 11.4. The van der Waals surface area contributed by atoms with Crippen LogP contribution in [0.5, 0.6) is 11.6 Å². The molecule has 12 heteroatoms. The number of aromatic hydroxyl groups is 1. The van der Waals surface area contributed by atoms with Crippen LogP contribution in [-0.2, 0) is 0 Å². The molecule has 0 bridgehead atoms. The van der Waals surface area contributed by atoms with Gasteiger partial charge in [-0.2, -0.15) is 19.6 Å². The standard InChI is InChI=1S/C19H17ClN8O3/c1-31-13-4-2-3-11(14(13)20)23-17-25-15-9(7-12-16(29)26-19(30)24-12)8-21-28(15)18(27-17)22-10-5-6-10/h2-4,7-8,10,29H,5-6H2,1H3,(H,22,23,27)(H2,24,26,30)/b9-7-. The van der Waals surface area contributed by atoms with Crippen molar-refractivity contribution in [2.75, 3.05) is 12.4 Å². The van der Waals surface area contributed by atoms with Gasteiger partial charge in [0.15, 0.2) is 5.65 Å². The largest absolute Gasteiger partial charge is 0.495 e. The van der Waals surface area contributed by atoms with E-state index in [1.54, 1.807) is 30.5 Å². The van der Waals surface area contributed by atoms with E-state index in [-0.39, 0.29) is 23.6 Å². The highest BCUT2D eigenvalue weighted by molar-refractivity contribution is 6.34. The van der Waals surface area contributed by atoms with Crippen LogP contribution in [0.15, 0.2) is 34.2 Å². The average Bonchev–Trinajstić information content (AvgIpc) is 3.38. The summed E-state index contributed by atoms with van der Waals surface area (Å²) in [6, 6.07) is 5.53. The number of hydrogen-bond donors (Lipinski definition) is 4. The van der Waals surface area contributed by atoms with Gasteiger partial charge in [-0.15, -0.1) is 0 Å². The van der Waals surface area contributed by atoms with E-state index < -0.39 is 5.69 Å². The minimum atomic E-state index is -0.519. The molecule has 4 aromatic rings. The number of rotatable bonds is 5. The maximum absolute atomic E-state index is 11.4. The van der Waals surface area contributed by atoms with Crippen LogP contribution in [0.4, 0.5) is 11.6 Å². The molecule has 0 amide bonds. The molecule has 4 N–H and O–H groups in total. The van der Waals surface area contributed by atoms with Gasteiger partial charge in [-0.25, -0.2) is 9.79 Å². The van der Waals surface area contributed by atoms with E-state index in [0.29, 0.717) is 32.9 Å². The van der Waals surface area contributed by atoms with Gasteiger partial charge in [0.25, 0.3) is 5.62 Å². The number of methoxy groups -OCH3 is 1. The molecule has 0 unspecified atom stereocenters. The van der Waals surface area contributed by atoms with Gasteiger partial charge < -0.3 is 20.1 Å². The molecular formula is C19H17ClN8O3. The smallest absolute Gasteiger partial charge is 0.326 e. The van der Waals surface area contributed by atoms with Crippen molar-refractivity contribution in [2.45, 2.75) is 18.9 Å². The molecule has 1 aliphatic carbocycles. The van der Waals surface area contributed by atoms with Crippen LogP contribution in [0.3, 0.4) is 0 Å². The van der Waals surface area contributed by atoms with Gasteiger partial charge in [-0.1, -0.05) is 17.7 Å². The van der Waals surface area contributed by atoms with Crippen LogP contribution in [0.2, 0.25) is 5.02 Å². The molecule has 1 aliphatic rings. The summed E-state index contributed by atoms with van der Waals surface area (Å²) in [6.07, 6.45) is 5.11. The Bertz CT molecular complexity index is 1470. The molecule has 158 valence electrons. The molecule has 0 aliphatic heterocycles. The molecule has 3 aromatic heterocycles. The molecule has 1 aromatic carbocycles. The fourth-order valence-electron chi connectivity index (χ4n) is 3.02. The molecule has 0 spiro atoms. The van der Waals surface area contributed by atoms with Crippen LogP contribution in [-0.4, -0.2) is 47.8 Å². The number of nitrogens with one attached hydrogen (secondary N) is 3. The first-order valence-electron chi connectivity index (χ1n) is 9.44. The molecule has 1 fully saturated rings. The van der Waals surface area contributed by atoms with Crippen molar-refractivity contribution in [2.24, 2.45) is 4.99 Å². The van der Waals surface area contributed by atoms with E-state index in [9.17, 15) is 9.90 Å². The van der Waals surface area contributed by atoms with Gasteiger partial charge >= 0.3 is 5.69 Å². The number of hydrogen-bond acceptors (Lipinski definition) is 8. The van der Waals surface area contributed by atoms with Gasteiger partial charge in [0.1, 0.15) is 16.5 Å². The number of fused-ring (bicyclic) bond motifs is 1. The predicted octanol–water partition coefficient (Wildman–Crippen LogP) is 0.863. The van der Waals surface area contributed by atoms with Crippen molar-refractivity contribution in [3.05, 3.63) is 56.4 Å². The summed E-state index contributed by atoms with van der Waals surface area (Å²) in [5, 5.41) is 18.3. The number of imidazole rings is 1. The summed E-state index contributed by atoms with van der Waals surface area (Å²) in [5.41, 5.74) is 1.09. The fourth-order valence-corrected chi connectivity index (χ4v) is 3.27. The Balaban J connectivity index is 1.68. The molecule has 31 heavy (non-hydrogen) atoms. The van der Waals surface area contributed by atoms with E-state index in [1.165, 1.54) is 11.6 Å². The van der Waals surface area contributed by atoms with Crippen molar-refractivity contribution >= 4 is 35.0 Å². The third-order valence-corrected chi connectivity index (χ3v) is 5.08. The Morgan fingerprint density at radius 1 is 1.35 bits per heavy atom. The van der Waals surface area contributed by atoms with E-state index >= 15 is 0 Å². The molecule has 0 atom stereocenters. The second kappa shape index (κ2) is 7.43. The molecule has 0 radical (unpaired) electrons. The first-order chi connectivity index (χ1) is 15.0. The third kappa shape index (κ3) is 3.70. The normalized spacial score (nSPS) is 15.0. The maximum Gasteiger partial charge on any atom is 0.326 e. The zero-order chi connectivity index (χ0) is 21.5. The number of halogens is 1. The van der Waals surface area contributed by atoms with Crippen molar-refractivity contribution in [3.8, 4) is 11.6 Å². The molecule has 5 rings (SSSR count). The summed E-state index contributed by atoms with van der Waals surface area (Å²) in [5.74, 6) is 0.507. The van der Waals surface area contributed by atoms with Crippen LogP contribution in [0.1, 0.15) is 18.5 Å². The van der Waals surface area contributed by atoms with Crippen LogP contribution < -0.4 is 26.6 Å². The Hall–Kier alpha value is -3.86. The lowest BCUT2D eigenvalue weighted by Gasteiger charge is -2.10. The van der Waals surface area contributed by atoms with Gasteiger partial charge in [-0.05, 0) is 31.1 Å². The van der Waals surface area contributed by atoms with E-state index in [0.717, 1.165) is 12.8 Å². The van der Waals surface area contributed by atoms with Crippen molar-refractivity contribution in [1.82, 2.24) is 29.5 Å². The second-order valence-electron chi connectivity index (χ2n) is 6.98. The Morgan fingerprint density at radius 3 is 2.90 bits per heavy atom. The van der Waals surface area contributed by atoms with Crippen LogP contribution in [0, 0.1) is 0 Å². The van der Waals surface area contributed by atoms with Gasteiger partial charge in [0.2, 0.25) is 11.8 Å². The van der Waals surface area contributed by atoms with Gasteiger partial charge in [-0.3, -0.25) is 4.98 Å². The second-order valence-corrected chi connectivity index (χ2v) is 7.35. The topological polar surface area (TPSA) is 146 Å². The van der Waals surface area contributed by atoms with E-state index in [1.807, 2.05) is 0 Å². The summed E-state index contributed by atoms with van der Waals surface area (Å²) in [4.78, 5) is 29.9. The van der Waals surface area contributed by atoms with Gasteiger partial charge in [0.05, 0.1) is 25.0 Å². The minimum Gasteiger partial charge on any atom is -0.495 e. The Labute approximate surface area is 179 Å². The molecule has 0 saturated heterocycles. The van der Waals surface area contributed by atoms with Crippen LogP contribution >= 0.6 is 11.6 Å². The quantitative estimate of drug-likeness (QED) is 0.360. The lowest BCUT2D eigenvalue weighted by atomic mass is 10.3. The van der Waals surface area contributed by atoms with Crippen LogP contribution in [0.25, 0.3) is 11.7 Å². The summed E-state index contributed by atoms with van der Waals surface area (Å²) >= 11 is 6.39. The monoisotopic (exact) mass is 440 g/mol. The number of aromatic nitrogens is 6. The number of benzene rings is 1. The van der Waals surface area contributed by atoms with Gasteiger partial charge in [0, 0.05) is 5.22 Å². The molecular weight excluding hydrogens is 424 g/mol. The number of nitrogens with zero attached hydrogens (tertiary/aromatic N) is 5. The highest BCUT2D eigenvalue weighted by atomic mass is 35.5. The summed E-state index contributed by atoms with van der Waals surface area (Å²) in [7, 11) is 1.54. The molecule has 1 saturated carbocycles. The zero-order valence-corrected chi connectivity index (χ0v) is 17.0. The predicted molar refractivity (Wildman–Crippen MR) is 113 cm³/mol. The summed E-state index contributed by atoms with van der Waals surface area (Å²) < 4.78 is 6.78. The lowest BCUT2D eigenvalue weighted by molar-refractivity contribution is 0.415. The first kappa shape index (κ1) is 19.1. The lowest BCUT2D eigenvalue weighted by Crippen LogP contribution is -2.24. The zero-order valence-electron chi connectivity index (χ0n) is 16.3.